The number of anilines is 2. The van der Waals surface area contributed by atoms with Gasteiger partial charge in [-0.05, 0) is 13.8 Å². The number of carbonyl (C=O) groups is 1. The van der Waals surface area contributed by atoms with Crippen LogP contribution in [0.1, 0.15) is 30.2 Å². The molecule has 3 N–H and O–H groups in total. The van der Waals surface area contributed by atoms with Crippen molar-refractivity contribution >= 4 is 40.0 Å². The summed E-state index contributed by atoms with van der Waals surface area (Å²) in [6, 6.07) is -0.208. The lowest BCUT2D eigenvalue weighted by Gasteiger charge is -2.19. The number of pyridine rings is 1. The summed E-state index contributed by atoms with van der Waals surface area (Å²) in [5.41, 5.74) is 3.74. The Balaban J connectivity index is 2.56. The third-order valence-corrected chi connectivity index (χ3v) is 5.47. The molecule has 2 aromatic rings. The van der Waals surface area contributed by atoms with Crippen LogP contribution in [0.25, 0.3) is 10.9 Å². The number of esters is 1. The van der Waals surface area contributed by atoms with Crippen molar-refractivity contribution in [2.24, 2.45) is 0 Å². The molecule has 0 unspecified atom stereocenters. The summed E-state index contributed by atoms with van der Waals surface area (Å²) in [6.07, 6.45) is 0. The number of halogens is 2. The van der Waals surface area contributed by atoms with Gasteiger partial charge in [-0.1, -0.05) is 0 Å². The number of fused-ring (bicyclic) bond motifs is 3. The second-order valence-electron chi connectivity index (χ2n) is 5.65. The number of nitrogen functional groups attached to an aromatic ring is 1. The standard InChI is InChI=1S/C16H17F2N3O3S/c1-4-24-16(23)8-14(22)7-11(19)9(17)12(20-3)10(18)13(7)21-6(2)5-25-15(8)21/h6,20H,4-5,19H2,1-3H3/t6-/m1/s1. The van der Waals surface area contributed by atoms with Crippen molar-refractivity contribution in [2.75, 3.05) is 30.5 Å². The lowest BCUT2D eigenvalue weighted by molar-refractivity contribution is 0.0519. The van der Waals surface area contributed by atoms with E-state index >= 15 is 0 Å². The average molecular weight is 369 g/mol. The lowest BCUT2D eigenvalue weighted by Crippen LogP contribution is -2.25. The third-order valence-electron chi connectivity index (χ3n) is 4.15. The normalized spacial score (nSPS) is 16.1. The number of hydrogen-bond acceptors (Lipinski definition) is 6. The van der Waals surface area contributed by atoms with Crippen LogP contribution in [0.2, 0.25) is 0 Å². The number of carbonyl (C=O) groups excluding carboxylic acids is 1. The van der Waals surface area contributed by atoms with E-state index in [1.165, 1.54) is 23.4 Å². The Hall–Kier alpha value is -2.29. The summed E-state index contributed by atoms with van der Waals surface area (Å²) >= 11 is 1.26. The molecular weight excluding hydrogens is 352 g/mol. The van der Waals surface area contributed by atoms with Gasteiger partial charge < -0.3 is 20.4 Å². The van der Waals surface area contributed by atoms with E-state index in [9.17, 15) is 18.4 Å². The van der Waals surface area contributed by atoms with Crippen LogP contribution in [0.3, 0.4) is 0 Å². The molecule has 9 heteroatoms. The van der Waals surface area contributed by atoms with Gasteiger partial charge in [0.25, 0.3) is 0 Å². The Morgan fingerprint density at radius 2 is 2.12 bits per heavy atom. The number of benzene rings is 1. The second-order valence-corrected chi connectivity index (χ2v) is 6.66. The van der Waals surface area contributed by atoms with Gasteiger partial charge in [-0.3, -0.25) is 4.79 Å². The molecule has 0 aliphatic carbocycles. The van der Waals surface area contributed by atoms with Gasteiger partial charge in [0, 0.05) is 18.8 Å². The number of nitrogens with zero attached hydrogens (tertiary/aromatic N) is 1. The zero-order valence-corrected chi connectivity index (χ0v) is 14.7. The zero-order valence-electron chi connectivity index (χ0n) is 13.9. The summed E-state index contributed by atoms with van der Waals surface area (Å²) < 4.78 is 35.8. The van der Waals surface area contributed by atoms with Crippen LogP contribution in [0, 0.1) is 11.6 Å². The van der Waals surface area contributed by atoms with Crippen LogP contribution in [-0.4, -0.2) is 29.9 Å². The molecule has 2 heterocycles. The first-order valence-electron chi connectivity index (χ1n) is 7.71. The summed E-state index contributed by atoms with van der Waals surface area (Å²) in [5.74, 6) is -2.25. The highest BCUT2D eigenvalue weighted by molar-refractivity contribution is 7.99. The minimum atomic E-state index is -1.06. The van der Waals surface area contributed by atoms with Gasteiger partial charge in [0.05, 0.1) is 28.2 Å². The van der Waals surface area contributed by atoms with Crippen molar-refractivity contribution in [1.82, 2.24) is 4.57 Å². The Bertz CT molecular complexity index is 959. The maximum atomic E-state index is 15.0. The van der Waals surface area contributed by atoms with Crippen molar-refractivity contribution < 1.29 is 18.3 Å². The monoisotopic (exact) mass is 369 g/mol. The largest absolute Gasteiger partial charge is 0.462 e. The molecule has 134 valence electrons. The minimum Gasteiger partial charge on any atom is -0.462 e. The van der Waals surface area contributed by atoms with Gasteiger partial charge in [0.15, 0.2) is 11.6 Å². The van der Waals surface area contributed by atoms with Crippen LogP contribution in [0.5, 0.6) is 0 Å². The van der Waals surface area contributed by atoms with Crippen LogP contribution in [-0.2, 0) is 4.74 Å². The minimum absolute atomic E-state index is 0.0763. The van der Waals surface area contributed by atoms with E-state index in [0.717, 1.165) is 0 Å². The number of ether oxygens (including phenoxy) is 1. The van der Waals surface area contributed by atoms with E-state index in [1.807, 2.05) is 6.92 Å². The predicted octanol–water partition coefficient (Wildman–Crippen LogP) is 2.75. The van der Waals surface area contributed by atoms with Crippen LogP contribution < -0.4 is 16.5 Å². The molecule has 0 radical (unpaired) electrons. The Labute approximate surface area is 146 Å². The Kier molecular flexibility index (Phi) is 4.36. The van der Waals surface area contributed by atoms with Gasteiger partial charge in [0.1, 0.15) is 11.3 Å². The number of nitrogens with one attached hydrogen (secondary N) is 1. The van der Waals surface area contributed by atoms with Crippen molar-refractivity contribution in [3.63, 3.8) is 0 Å². The fourth-order valence-corrected chi connectivity index (χ4v) is 4.31. The highest BCUT2D eigenvalue weighted by Crippen LogP contribution is 2.41. The van der Waals surface area contributed by atoms with E-state index in [-0.39, 0.29) is 29.1 Å². The Morgan fingerprint density at radius 1 is 1.44 bits per heavy atom. The quantitative estimate of drug-likeness (QED) is 0.639. The van der Waals surface area contributed by atoms with Crippen molar-refractivity contribution in [3.8, 4) is 0 Å². The summed E-state index contributed by atoms with van der Waals surface area (Å²) in [6.45, 7) is 3.51. The second kappa shape index (κ2) is 6.21. The maximum absolute atomic E-state index is 15.0. The summed E-state index contributed by atoms with van der Waals surface area (Å²) in [5, 5.41) is 2.41. The molecule has 6 nitrogen and oxygen atoms in total. The first-order valence-corrected chi connectivity index (χ1v) is 8.69. The number of aromatic nitrogens is 1. The summed E-state index contributed by atoms with van der Waals surface area (Å²) in [4.78, 5) is 25.2. The fraction of sp³-hybridized carbons (Fsp3) is 0.375. The first kappa shape index (κ1) is 17.5. The fourth-order valence-electron chi connectivity index (χ4n) is 3.04. The SMILES string of the molecule is CCOC(=O)c1c2n(c3c(F)c(NC)c(F)c(N)c3c1=O)[C@H](C)CS2. The Morgan fingerprint density at radius 3 is 2.72 bits per heavy atom. The predicted molar refractivity (Wildman–Crippen MR) is 93.5 cm³/mol. The molecule has 0 fully saturated rings. The molecule has 0 spiro atoms. The molecule has 1 aliphatic rings. The lowest BCUT2D eigenvalue weighted by atomic mass is 10.1. The third kappa shape index (κ3) is 2.37. The molecule has 1 aromatic heterocycles. The van der Waals surface area contributed by atoms with E-state index < -0.39 is 34.4 Å². The van der Waals surface area contributed by atoms with Gasteiger partial charge >= 0.3 is 5.97 Å². The molecule has 1 aromatic carbocycles. The number of thioether (sulfide) groups is 1. The average Bonchev–Trinajstić information content (AvgIpc) is 2.94. The highest BCUT2D eigenvalue weighted by Gasteiger charge is 2.34. The van der Waals surface area contributed by atoms with Crippen LogP contribution in [0.15, 0.2) is 9.82 Å². The van der Waals surface area contributed by atoms with E-state index in [1.54, 1.807) is 6.92 Å². The van der Waals surface area contributed by atoms with Crippen molar-refractivity contribution in [1.29, 1.82) is 0 Å². The highest BCUT2D eigenvalue weighted by atomic mass is 32.2. The van der Waals surface area contributed by atoms with Crippen molar-refractivity contribution in [3.05, 3.63) is 27.4 Å². The van der Waals surface area contributed by atoms with Crippen LogP contribution in [0.4, 0.5) is 20.2 Å². The molecule has 0 bridgehead atoms. The number of hydrogen-bond donors (Lipinski definition) is 2. The molecule has 1 aliphatic heterocycles. The molecular formula is C16H17F2N3O3S. The molecule has 0 amide bonds. The van der Waals surface area contributed by atoms with Gasteiger partial charge in [-0.2, -0.15) is 0 Å². The van der Waals surface area contributed by atoms with E-state index in [4.69, 9.17) is 10.5 Å². The van der Waals surface area contributed by atoms with E-state index in [2.05, 4.69) is 5.32 Å². The van der Waals surface area contributed by atoms with Gasteiger partial charge in [-0.25, -0.2) is 13.6 Å². The van der Waals surface area contributed by atoms with Gasteiger partial charge in [0.2, 0.25) is 5.43 Å². The molecule has 1 atom stereocenters. The van der Waals surface area contributed by atoms with Crippen LogP contribution >= 0.6 is 11.8 Å². The molecule has 0 saturated heterocycles. The number of nitrogens with two attached hydrogens (primary N) is 1. The molecule has 0 saturated carbocycles. The van der Waals surface area contributed by atoms with Crippen molar-refractivity contribution in [2.45, 2.75) is 24.9 Å². The maximum Gasteiger partial charge on any atom is 0.344 e. The summed E-state index contributed by atoms with van der Waals surface area (Å²) in [7, 11) is 1.36. The molecule has 3 rings (SSSR count). The molecule has 25 heavy (non-hydrogen) atoms. The zero-order chi connectivity index (χ0) is 18.5. The first-order chi connectivity index (χ1) is 11.8. The smallest absolute Gasteiger partial charge is 0.344 e. The van der Waals surface area contributed by atoms with Gasteiger partial charge in [-0.15, -0.1) is 11.8 Å². The topological polar surface area (TPSA) is 86.3 Å². The number of rotatable bonds is 3. The van der Waals surface area contributed by atoms with E-state index in [0.29, 0.717) is 10.8 Å².